The van der Waals surface area contributed by atoms with Crippen molar-refractivity contribution in [2.24, 2.45) is 0 Å². The summed E-state index contributed by atoms with van der Waals surface area (Å²) in [4.78, 5) is 2.48. The molecule has 1 saturated heterocycles. The highest BCUT2D eigenvalue weighted by molar-refractivity contribution is 5.72. The Balaban J connectivity index is 1.86. The monoisotopic (exact) mass is 249 g/mol. The molecular formula is C14H23N3O. The van der Waals surface area contributed by atoms with Crippen molar-refractivity contribution in [3.8, 4) is 5.75 Å². The van der Waals surface area contributed by atoms with E-state index in [1.807, 2.05) is 25.1 Å². The summed E-state index contributed by atoms with van der Waals surface area (Å²) < 4.78 is 5.48. The minimum absolute atomic E-state index is 0.640. The van der Waals surface area contributed by atoms with E-state index in [4.69, 9.17) is 10.5 Å². The van der Waals surface area contributed by atoms with Crippen LogP contribution in [0.4, 0.5) is 11.4 Å². The third-order valence-corrected chi connectivity index (χ3v) is 3.31. The zero-order chi connectivity index (χ0) is 12.8. The highest BCUT2D eigenvalue weighted by atomic mass is 16.5. The van der Waals surface area contributed by atoms with Crippen LogP contribution in [-0.2, 0) is 0 Å². The van der Waals surface area contributed by atoms with Crippen LogP contribution in [0.15, 0.2) is 18.2 Å². The molecule has 0 bridgehead atoms. The van der Waals surface area contributed by atoms with Crippen LogP contribution < -0.4 is 15.8 Å². The number of para-hydroxylation sites is 1. The molecule has 0 aromatic heterocycles. The van der Waals surface area contributed by atoms with E-state index in [0.717, 1.165) is 24.5 Å². The number of nitrogens with two attached hydrogens (primary N) is 1. The van der Waals surface area contributed by atoms with Gasteiger partial charge < -0.3 is 20.7 Å². The predicted octanol–water partition coefficient (Wildman–Crippen LogP) is 2.18. The van der Waals surface area contributed by atoms with Crippen LogP contribution in [-0.4, -0.2) is 37.7 Å². The summed E-state index contributed by atoms with van der Waals surface area (Å²) in [5, 5.41) is 3.39. The Kier molecular flexibility index (Phi) is 4.70. The van der Waals surface area contributed by atoms with E-state index in [-0.39, 0.29) is 0 Å². The summed E-state index contributed by atoms with van der Waals surface area (Å²) in [7, 11) is 0. The van der Waals surface area contributed by atoms with Gasteiger partial charge in [0.05, 0.1) is 18.0 Å². The van der Waals surface area contributed by atoms with Gasteiger partial charge in [-0.1, -0.05) is 6.07 Å². The Bertz CT molecular complexity index is 375. The van der Waals surface area contributed by atoms with Crippen molar-refractivity contribution in [1.29, 1.82) is 0 Å². The lowest BCUT2D eigenvalue weighted by Gasteiger charge is -2.17. The van der Waals surface area contributed by atoms with Gasteiger partial charge in [0.2, 0.25) is 0 Å². The van der Waals surface area contributed by atoms with E-state index >= 15 is 0 Å². The van der Waals surface area contributed by atoms with Crippen molar-refractivity contribution in [1.82, 2.24) is 4.90 Å². The maximum absolute atomic E-state index is 6.06. The molecule has 0 radical (unpaired) electrons. The van der Waals surface area contributed by atoms with Gasteiger partial charge in [-0.25, -0.2) is 0 Å². The molecule has 4 nitrogen and oxygen atoms in total. The molecule has 2 rings (SSSR count). The van der Waals surface area contributed by atoms with Crippen molar-refractivity contribution >= 4 is 11.4 Å². The molecule has 0 saturated carbocycles. The fraction of sp³-hybridized carbons (Fsp3) is 0.571. The summed E-state index contributed by atoms with van der Waals surface area (Å²) in [5.74, 6) is 0.767. The molecule has 0 amide bonds. The molecule has 0 aliphatic carbocycles. The number of nitrogens with zero attached hydrogens (tertiary/aromatic N) is 1. The van der Waals surface area contributed by atoms with Crippen LogP contribution in [0.2, 0.25) is 0 Å². The molecule has 1 heterocycles. The smallest absolute Gasteiger partial charge is 0.144 e. The van der Waals surface area contributed by atoms with Crippen LogP contribution >= 0.6 is 0 Å². The average molecular weight is 249 g/mol. The molecule has 0 unspecified atom stereocenters. The van der Waals surface area contributed by atoms with Crippen molar-refractivity contribution < 1.29 is 4.74 Å². The molecule has 4 heteroatoms. The lowest BCUT2D eigenvalue weighted by Crippen LogP contribution is -2.26. The number of rotatable bonds is 6. The molecule has 1 fully saturated rings. The maximum atomic E-state index is 6.06. The van der Waals surface area contributed by atoms with E-state index in [0.29, 0.717) is 12.3 Å². The summed E-state index contributed by atoms with van der Waals surface area (Å²) in [6, 6.07) is 5.88. The fourth-order valence-corrected chi connectivity index (χ4v) is 2.33. The van der Waals surface area contributed by atoms with Crippen molar-refractivity contribution in [3.05, 3.63) is 18.2 Å². The SMILES string of the molecule is CCOc1cccc(NCCN2CCCC2)c1N. The van der Waals surface area contributed by atoms with Crippen LogP contribution in [0.1, 0.15) is 19.8 Å². The van der Waals surface area contributed by atoms with E-state index in [2.05, 4.69) is 10.2 Å². The van der Waals surface area contributed by atoms with Gasteiger partial charge in [-0.3, -0.25) is 0 Å². The molecule has 100 valence electrons. The van der Waals surface area contributed by atoms with E-state index < -0.39 is 0 Å². The largest absolute Gasteiger partial charge is 0.492 e. The Morgan fingerprint density at radius 1 is 1.33 bits per heavy atom. The van der Waals surface area contributed by atoms with Crippen LogP contribution in [0.5, 0.6) is 5.75 Å². The number of nitrogens with one attached hydrogen (secondary N) is 1. The first-order valence-electron chi connectivity index (χ1n) is 6.78. The summed E-state index contributed by atoms with van der Waals surface area (Å²) >= 11 is 0. The fourth-order valence-electron chi connectivity index (χ4n) is 2.33. The number of ether oxygens (including phenoxy) is 1. The van der Waals surface area contributed by atoms with Crippen molar-refractivity contribution in [3.63, 3.8) is 0 Å². The lowest BCUT2D eigenvalue weighted by atomic mass is 10.2. The number of hydrogen-bond donors (Lipinski definition) is 2. The molecule has 0 spiro atoms. The summed E-state index contributed by atoms with van der Waals surface area (Å²) in [6.45, 7) is 7.08. The zero-order valence-corrected chi connectivity index (χ0v) is 11.1. The van der Waals surface area contributed by atoms with Gasteiger partial charge in [-0.05, 0) is 45.0 Å². The molecule has 1 aliphatic rings. The quantitative estimate of drug-likeness (QED) is 0.759. The second-order valence-electron chi connectivity index (χ2n) is 4.63. The number of hydrogen-bond acceptors (Lipinski definition) is 4. The first kappa shape index (κ1) is 13.0. The third kappa shape index (κ3) is 3.29. The van der Waals surface area contributed by atoms with Crippen LogP contribution in [0, 0.1) is 0 Å². The normalized spacial score (nSPS) is 15.8. The highest BCUT2D eigenvalue weighted by Gasteiger charge is 2.11. The molecule has 1 aromatic rings. The van der Waals surface area contributed by atoms with Gasteiger partial charge >= 0.3 is 0 Å². The number of anilines is 2. The van der Waals surface area contributed by atoms with Gasteiger partial charge in [0.15, 0.2) is 0 Å². The summed E-state index contributed by atoms with van der Waals surface area (Å²) in [5.41, 5.74) is 7.74. The molecule has 1 aromatic carbocycles. The van der Waals surface area contributed by atoms with Gasteiger partial charge in [-0.2, -0.15) is 0 Å². The Hall–Kier alpha value is -1.42. The minimum atomic E-state index is 0.640. The molecule has 3 N–H and O–H groups in total. The van der Waals surface area contributed by atoms with E-state index in [1.165, 1.54) is 25.9 Å². The average Bonchev–Trinajstić information content (AvgIpc) is 2.87. The van der Waals surface area contributed by atoms with E-state index in [1.54, 1.807) is 0 Å². The van der Waals surface area contributed by atoms with Gasteiger partial charge in [0.25, 0.3) is 0 Å². The maximum Gasteiger partial charge on any atom is 0.144 e. The van der Waals surface area contributed by atoms with Gasteiger partial charge in [0, 0.05) is 13.1 Å². The summed E-state index contributed by atoms with van der Waals surface area (Å²) in [6.07, 6.45) is 2.67. The second kappa shape index (κ2) is 6.50. The Labute approximate surface area is 109 Å². The van der Waals surface area contributed by atoms with E-state index in [9.17, 15) is 0 Å². The molecule has 0 atom stereocenters. The van der Waals surface area contributed by atoms with Crippen molar-refractivity contribution in [2.45, 2.75) is 19.8 Å². The standard InChI is InChI=1S/C14H23N3O/c1-2-18-13-7-5-6-12(14(13)15)16-8-11-17-9-3-4-10-17/h5-7,16H,2-4,8-11,15H2,1H3. The molecular weight excluding hydrogens is 226 g/mol. The first-order valence-corrected chi connectivity index (χ1v) is 6.78. The lowest BCUT2D eigenvalue weighted by molar-refractivity contribution is 0.342. The second-order valence-corrected chi connectivity index (χ2v) is 4.63. The Morgan fingerprint density at radius 3 is 2.83 bits per heavy atom. The minimum Gasteiger partial charge on any atom is -0.492 e. The van der Waals surface area contributed by atoms with Gasteiger partial charge in [-0.15, -0.1) is 0 Å². The predicted molar refractivity (Wildman–Crippen MR) is 76.2 cm³/mol. The third-order valence-electron chi connectivity index (χ3n) is 3.31. The van der Waals surface area contributed by atoms with Gasteiger partial charge in [0.1, 0.15) is 5.75 Å². The zero-order valence-electron chi connectivity index (χ0n) is 11.1. The molecule has 1 aliphatic heterocycles. The Morgan fingerprint density at radius 2 is 2.11 bits per heavy atom. The number of benzene rings is 1. The highest BCUT2D eigenvalue weighted by Crippen LogP contribution is 2.29. The number of nitrogen functional groups attached to an aromatic ring is 1. The van der Waals surface area contributed by atoms with Crippen LogP contribution in [0.3, 0.4) is 0 Å². The van der Waals surface area contributed by atoms with Crippen molar-refractivity contribution in [2.75, 3.05) is 43.8 Å². The topological polar surface area (TPSA) is 50.5 Å². The first-order chi connectivity index (χ1) is 8.81. The van der Waals surface area contributed by atoms with Crippen LogP contribution in [0.25, 0.3) is 0 Å². The molecule has 18 heavy (non-hydrogen) atoms. The number of likely N-dealkylation sites (tertiary alicyclic amines) is 1.